The van der Waals surface area contributed by atoms with Crippen molar-refractivity contribution in [3.63, 3.8) is 0 Å². The first-order chi connectivity index (χ1) is 17.7. The molecule has 0 unspecified atom stereocenters. The molecule has 0 saturated heterocycles. The molecule has 0 spiro atoms. The van der Waals surface area contributed by atoms with Gasteiger partial charge < -0.3 is 30.6 Å². The molecule has 0 bridgehead atoms. The summed E-state index contributed by atoms with van der Waals surface area (Å²) in [5, 5.41) is 7.59. The maximum absolute atomic E-state index is 11.5. The first-order valence-corrected chi connectivity index (χ1v) is 13.0. The van der Waals surface area contributed by atoms with Gasteiger partial charge in [-0.2, -0.15) is 0 Å². The number of carbonyl (C=O) groups is 2. The molecule has 0 aliphatic heterocycles. The summed E-state index contributed by atoms with van der Waals surface area (Å²) >= 11 is 0. The molecule has 0 aliphatic rings. The van der Waals surface area contributed by atoms with Gasteiger partial charge in [-0.15, -0.1) is 0 Å². The van der Waals surface area contributed by atoms with Crippen molar-refractivity contribution in [2.45, 2.75) is 90.9 Å². The Bertz CT molecular complexity index is 805. The van der Waals surface area contributed by atoms with Crippen LogP contribution in [-0.4, -0.2) is 34.2 Å². The number of rotatable bonds is 16. The normalized spacial score (nSPS) is 10.4. The third-order valence-corrected chi connectivity index (χ3v) is 5.19. The van der Waals surface area contributed by atoms with E-state index in [9.17, 15) is 9.59 Å². The summed E-state index contributed by atoms with van der Waals surface area (Å²) in [5.74, 6) is -0.640. The zero-order valence-electron chi connectivity index (χ0n) is 22.1. The van der Waals surface area contributed by atoms with Crippen molar-refractivity contribution < 1.29 is 26.1 Å². The van der Waals surface area contributed by atoms with Gasteiger partial charge in [0.05, 0.1) is 11.8 Å². The molecule has 0 fully saturated rings. The summed E-state index contributed by atoms with van der Waals surface area (Å²) in [5.41, 5.74) is 8.30. The molecule has 2 aromatic heterocycles. The molecule has 0 aromatic carbocycles. The van der Waals surface area contributed by atoms with Crippen LogP contribution >= 0.6 is 0 Å². The van der Waals surface area contributed by atoms with Gasteiger partial charge in [-0.1, -0.05) is 65.2 Å². The second-order valence-corrected chi connectivity index (χ2v) is 8.28. The summed E-state index contributed by atoms with van der Waals surface area (Å²) in [6.45, 7) is 4.40. The average Bonchev–Trinajstić information content (AvgIpc) is 2.92. The van der Waals surface area contributed by atoms with Crippen LogP contribution in [0.1, 0.15) is 112 Å². The molecular formula is C28H40N6NiO2. The number of unbranched alkanes of at least 4 members (excludes halogenated alkanes) is 10. The van der Waals surface area contributed by atoms with Gasteiger partial charge in [-0.05, 0) is 62.4 Å². The van der Waals surface area contributed by atoms with Crippen molar-refractivity contribution in [2.24, 2.45) is 10.2 Å². The minimum absolute atomic E-state index is 0. The van der Waals surface area contributed by atoms with Crippen LogP contribution in [0.3, 0.4) is 0 Å². The Morgan fingerprint density at radius 1 is 0.649 bits per heavy atom. The molecule has 0 aliphatic carbocycles. The van der Waals surface area contributed by atoms with Crippen LogP contribution in [0.25, 0.3) is 10.9 Å². The molecule has 2 rings (SSSR count). The fraction of sp³-hybridized carbons (Fsp3) is 0.500. The van der Waals surface area contributed by atoms with E-state index in [2.05, 4.69) is 44.9 Å². The van der Waals surface area contributed by atoms with Gasteiger partial charge in [0.1, 0.15) is 0 Å². The molecule has 37 heavy (non-hydrogen) atoms. The monoisotopic (exact) mass is 550 g/mol. The Hall–Kier alpha value is -2.93. The first-order valence-electron chi connectivity index (χ1n) is 13.0. The molecule has 0 N–H and O–H groups in total. The quantitative estimate of drug-likeness (QED) is 0.0914. The van der Waals surface area contributed by atoms with Gasteiger partial charge >= 0.3 is 16.5 Å². The number of hydrogen-bond acceptors (Lipinski definition) is 6. The summed E-state index contributed by atoms with van der Waals surface area (Å²) in [4.78, 5) is 30.7. The molecule has 2 heterocycles. The van der Waals surface area contributed by atoms with Gasteiger partial charge in [-0.25, -0.2) is 0 Å². The number of nitrogens with zero attached hydrogens (tertiary/aromatic N) is 6. The molecule has 9 heteroatoms. The fourth-order valence-corrected chi connectivity index (χ4v) is 3.08. The number of amides is 2. The minimum atomic E-state index is -0.320. The van der Waals surface area contributed by atoms with Crippen LogP contribution in [-0.2, 0) is 16.5 Å². The van der Waals surface area contributed by atoms with Gasteiger partial charge in [0.2, 0.25) is 0 Å². The van der Waals surface area contributed by atoms with E-state index in [-0.39, 0.29) is 28.3 Å². The maximum atomic E-state index is 11.5. The Morgan fingerprint density at radius 3 is 1.35 bits per heavy atom. The van der Waals surface area contributed by atoms with Crippen molar-refractivity contribution in [3.05, 3.63) is 71.0 Å². The number of aromatic nitrogens is 2. The van der Waals surface area contributed by atoms with Gasteiger partial charge in [0.15, 0.2) is 0 Å². The summed E-state index contributed by atoms with van der Waals surface area (Å²) < 4.78 is 0. The van der Waals surface area contributed by atoms with Crippen molar-refractivity contribution in [3.8, 4) is 0 Å². The van der Waals surface area contributed by atoms with Gasteiger partial charge in [0.25, 0.3) is 0 Å². The average molecular weight is 551 g/mol. The van der Waals surface area contributed by atoms with Crippen molar-refractivity contribution in [1.82, 2.24) is 9.97 Å². The molecule has 2 amide bonds. The fourth-order valence-electron chi connectivity index (χ4n) is 3.08. The first kappa shape index (κ1) is 34.1. The standard InChI is InChI=1S/2C14H21N3O.Ni/c2*1-2-3-4-5-6-7-10-16-17-14(18)13-8-11-15-12-9-13;/h2*8-12H,2-7H2,1H3,(H,17,18);/q;;+2/p-2/b2*16-10-;. The van der Waals surface area contributed by atoms with Crippen LogP contribution in [0.4, 0.5) is 0 Å². The largest absolute Gasteiger partial charge is 2.00 e. The van der Waals surface area contributed by atoms with Crippen molar-refractivity contribution in [1.29, 1.82) is 0 Å². The molecule has 0 atom stereocenters. The Labute approximate surface area is 232 Å². The van der Waals surface area contributed by atoms with E-state index in [1.54, 1.807) is 61.5 Å². The zero-order valence-corrected chi connectivity index (χ0v) is 23.1. The Kier molecular flexibility index (Phi) is 22.8. The summed E-state index contributed by atoms with van der Waals surface area (Å²) in [6.07, 6.45) is 23.8. The van der Waals surface area contributed by atoms with Gasteiger partial charge in [0, 0.05) is 35.9 Å². The molecule has 204 valence electrons. The van der Waals surface area contributed by atoms with Crippen LogP contribution in [0.5, 0.6) is 0 Å². The van der Waals surface area contributed by atoms with E-state index < -0.39 is 0 Å². The molecule has 2 aromatic rings. The number of pyridine rings is 2. The van der Waals surface area contributed by atoms with E-state index in [4.69, 9.17) is 0 Å². The third-order valence-electron chi connectivity index (χ3n) is 5.19. The Morgan fingerprint density at radius 2 is 1.00 bits per heavy atom. The number of hydrogen-bond donors (Lipinski definition) is 0. The van der Waals surface area contributed by atoms with Crippen molar-refractivity contribution in [2.75, 3.05) is 0 Å². The van der Waals surface area contributed by atoms with E-state index in [1.165, 1.54) is 51.4 Å². The zero-order chi connectivity index (χ0) is 26.1. The van der Waals surface area contributed by atoms with Crippen molar-refractivity contribution >= 4 is 24.2 Å². The predicted octanol–water partition coefficient (Wildman–Crippen LogP) is 7.88. The van der Waals surface area contributed by atoms with Crippen LogP contribution in [0, 0.1) is 0 Å². The molecular weight excluding hydrogens is 511 g/mol. The van der Waals surface area contributed by atoms with E-state index in [1.807, 2.05) is 0 Å². The van der Waals surface area contributed by atoms with E-state index >= 15 is 0 Å². The molecule has 0 radical (unpaired) electrons. The molecule has 0 saturated carbocycles. The Balaban J connectivity index is 0.000000682. The van der Waals surface area contributed by atoms with Gasteiger partial charge in [-0.3, -0.25) is 9.97 Å². The van der Waals surface area contributed by atoms with E-state index in [0.29, 0.717) is 11.1 Å². The van der Waals surface area contributed by atoms with E-state index in [0.717, 1.165) is 25.7 Å². The SMILES string of the molecule is CCCCCCC/C=N\[N-]C(=O)c1ccncc1.CCCCCCC/C=N\[N-]C(=O)c1ccncc1.[Ni+2]. The van der Waals surface area contributed by atoms with Crippen LogP contribution < -0.4 is 0 Å². The predicted molar refractivity (Wildman–Crippen MR) is 148 cm³/mol. The van der Waals surface area contributed by atoms with Crippen LogP contribution in [0.15, 0.2) is 59.3 Å². The second-order valence-electron chi connectivity index (χ2n) is 8.28. The maximum Gasteiger partial charge on any atom is 2.00 e. The molecule has 8 nitrogen and oxygen atoms in total. The van der Waals surface area contributed by atoms with Crippen LogP contribution in [0.2, 0.25) is 0 Å². The number of carbonyl (C=O) groups excluding carboxylic acids is 2. The topological polar surface area (TPSA) is 113 Å². The minimum Gasteiger partial charge on any atom is -0.541 e. The second kappa shape index (κ2) is 24.8. The third kappa shape index (κ3) is 18.9. The smallest absolute Gasteiger partial charge is 0.541 e. The summed E-state index contributed by atoms with van der Waals surface area (Å²) in [6, 6.07) is 6.52. The summed E-state index contributed by atoms with van der Waals surface area (Å²) in [7, 11) is 0.